The molecule has 0 amide bonds. The molecule has 0 unspecified atom stereocenters. The van der Waals surface area contributed by atoms with Gasteiger partial charge in [-0.1, -0.05) is 59.4 Å². The van der Waals surface area contributed by atoms with Crippen LogP contribution in [-0.2, 0) is 5.75 Å². The summed E-state index contributed by atoms with van der Waals surface area (Å²) in [5.74, 6) is 1.60. The van der Waals surface area contributed by atoms with Crippen molar-refractivity contribution in [3.8, 4) is 17.1 Å². The van der Waals surface area contributed by atoms with Crippen LogP contribution in [0.5, 0.6) is 0 Å². The number of aromatic nitrogens is 6. The van der Waals surface area contributed by atoms with Crippen LogP contribution in [0, 0.1) is 13.8 Å². The third-order valence-corrected chi connectivity index (χ3v) is 4.97. The Labute approximate surface area is 154 Å². The summed E-state index contributed by atoms with van der Waals surface area (Å²) in [5, 5.41) is 16.8. The van der Waals surface area contributed by atoms with E-state index in [1.807, 2.05) is 42.5 Å². The number of hydrogen-bond donors (Lipinski definition) is 0. The molecule has 0 N–H and O–H groups in total. The molecule has 26 heavy (non-hydrogen) atoms. The molecule has 4 aromatic rings. The van der Waals surface area contributed by atoms with Crippen LogP contribution >= 0.6 is 11.8 Å². The summed E-state index contributed by atoms with van der Waals surface area (Å²) in [6.45, 7) is 4.13. The highest BCUT2D eigenvalue weighted by Gasteiger charge is 2.14. The van der Waals surface area contributed by atoms with Crippen molar-refractivity contribution in [3.63, 3.8) is 0 Å². The molecular weight excluding hydrogens is 348 g/mol. The van der Waals surface area contributed by atoms with E-state index in [0.717, 1.165) is 16.8 Å². The first-order valence-electron chi connectivity index (χ1n) is 8.08. The SMILES string of the molecule is Cc1cccc(-n2nnnc2SCc2nc(-c3ccccc3)no2)c1C. The van der Waals surface area contributed by atoms with Gasteiger partial charge in [0.2, 0.25) is 16.9 Å². The molecule has 0 fully saturated rings. The van der Waals surface area contributed by atoms with Crippen molar-refractivity contribution >= 4 is 11.8 Å². The second kappa shape index (κ2) is 7.09. The number of nitrogens with zero attached hydrogens (tertiary/aromatic N) is 6. The van der Waals surface area contributed by atoms with E-state index < -0.39 is 0 Å². The molecule has 4 rings (SSSR count). The van der Waals surface area contributed by atoms with Gasteiger partial charge in [0, 0.05) is 5.56 Å². The highest BCUT2D eigenvalue weighted by Crippen LogP contribution is 2.25. The van der Waals surface area contributed by atoms with Gasteiger partial charge in [0.05, 0.1) is 11.4 Å². The van der Waals surface area contributed by atoms with Crippen molar-refractivity contribution in [1.29, 1.82) is 0 Å². The fraction of sp³-hybridized carbons (Fsp3) is 0.167. The summed E-state index contributed by atoms with van der Waals surface area (Å²) in [6, 6.07) is 15.8. The third-order valence-electron chi connectivity index (χ3n) is 4.07. The third kappa shape index (κ3) is 3.23. The quantitative estimate of drug-likeness (QED) is 0.500. The number of tetrazole rings is 1. The second-order valence-electron chi connectivity index (χ2n) is 5.76. The van der Waals surface area contributed by atoms with Gasteiger partial charge in [0.1, 0.15) is 0 Å². The largest absolute Gasteiger partial charge is 0.338 e. The molecule has 0 saturated heterocycles. The topological polar surface area (TPSA) is 82.5 Å². The van der Waals surface area contributed by atoms with Gasteiger partial charge in [-0.2, -0.15) is 9.67 Å². The molecule has 130 valence electrons. The van der Waals surface area contributed by atoms with Gasteiger partial charge in [-0.3, -0.25) is 0 Å². The second-order valence-corrected chi connectivity index (χ2v) is 6.70. The molecule has 0 aliphatic heterocycles. The molecule has 0 aliphatic rings. The molecule has 0 bridgehead atoms. The Bertz CT molecular complexity index is 1030. The Morgan fingerprint density at radius 3 is 2.73 bits per heavy atom. The number of hydrogen-bond acceptors (Lipinski definition) is 7. The standard InChI is InChI=1S/C18H16N6OS/c1-12-7-6-10-15(13(12)2)24-18(20-22-23-24)26-11-16-19-17(21-25-16)14-8-4-3-5-9-14/h3-10H,11H2,1-2H3. The Hall–Kier alpha value is -3.00. The molecule has 7 nitrogen and oxygen atoms in total. The molecule has 0 saturated carbocycles. The minimum atomic E-state index is 0.491. The van der Waals surface area contributed by atoms with E-state index in [2.05, 4.69) is 45.6 Å². The van der Waals surface area contributed by atoms with Crippen LogP contribution in [-0.4, -0.2) is 30.3 Å². The van der Waals surface area contributed by atoms with Crippen molar-refractivity contribution < 1.29 is 4.52 Å². The predicted molar refractivity (Wildman–Crippen MR) is 97.9 cm³/mol. The fourth-order valence-electron chi connectivity index (χ4n) is 2.53. The van der Waals surface area contributed by atoms with E-state index >= 15 is 0 Å². The van der Waals surface area contributed by atoms with Crippen LogP contribution in [0.3, 0.4) is 0 Å². The van der Waals surface area contributed by atoms with E-state index in [1.54, 1.807) is 4.68 Å². The van der Waals surface area contributed by atoms with Crippen molar-refractivity contribution in [3.05, 3.63) is 65.5 Å². The molecule has 2 aromatic heterocycles. The molecular formula is C18H16N6OS. The minimum Gasteiger partial charge on any atom is -0.338 e. The van der Waals surface area contributed by atoms with Crippen molar-refractivity contribution in [2.75, 3.05) is 0 Å². The van der Waals surface area contributed by atoms with Crippen LogP contribution in [0.25, 0.3) is 17.1 Å². The van der Waals surface area contributed by atoms with Gasteiger partial charge in [0.25, 0.3) is 0 Å². The average molecular weight is 364 g/mol. The van der Waals surface area contributed by atoms with Crippen LogP contribution in [0.1, 0.15) is 17.0 Å². The summed E-state index contributed by atoms with van der Waals surface area (Å²) < 4.78 is 7.08. The Morgan fingerprint density at radius 2 is 1.88 bits per heavy atom. The Kier molecular flexibility index (Phi) is 4.49. The van der Waals surface area contributed by atoms with Crippen molar-refractivity contribution in [1.82, 2.24) is 30.3 Å². The molecule has 0 atom stereocenters. The van der Waals surface area contributed by atoms with E-state index in [9.17, 15) is 0 Å². The van der Waals surface area contributed by atoms with Gasteiger partial charge in [-0.05, 0) is 41.5 Å². The summed E-state index contributed by atoms with van der Waals surface area (Å²) in [6.07, 6.45) is 0. The Morgan fingerprint density at radius 1 is 1.04 bits per heavy atom. The lowest BCUT2D eigenvalue weighted by molar-refractivity contribution is 0.391. The zero-order chi connectivity index (χ0) is 17.9. The highest BCUT2D eigenvalue weighted by molar-refractivity contribution is 7.98. The molecule has 0 aliphatic carbocycles. The maximum Gasteiger partial charge on any atom is 0.237 e. The van der Waals surface area contributed by atoms with Crippen molar-refractivity contribution in [2.45, 2.75) is 24.8 Å². The van der Waals surface area contributed by atoms with Gasteiger partial charge in [-0.15, -0.1) is 5.10 Å². The normalized spacial score (nSPS) is 11.0. The van der Waals surface area contributed by atoms with Gasteiger partial charge in [-0.25, -0.2) is 0 Å². The number of rotatable bonds is 5. The van der Waals surface area contributed by atoms with E-state index in [0.29, 0.717) is 22.6 Å². The van der Waals surface area contributed by atoms with Crippen LogP contribution in [0.2, 0.25) is 0 Å². The summed E-state index contributed by atoms with van der Waals surface area (Å²) in [5.41, 5.74) is 4.23. The highest BCUT2D eigenvalue weighted by atomic mass is 32.2. The first kappa shape index (κ1) is 16.5. The van der Waals surface area contributed by atoms with Gasteiger partial charge >= 0.3 is 0 Å². The van der Waals surface area contributed by atoms with E-state index in [4.69, 9.17) is 4.52 Å². The van der Waals surface area contributed by atoms with E-state index in [-0.39, 0.29) is 0 Å². The summed E-state index contributed by atoms with van der Waals surface area (Å²) >= 11 is 1.46. The van der Waals surface area contributed by atoms with Crippen LogP contribution < -0.4 is 0 Å². The lowest BCUT2D eigenvalue weighted by Gasteiger charge is -2.08. The Balaban J connectivity index is 1.53. The maximum absolute atomic E-state index is 5.35. The maximum atomic E-state index is 5.35. The fourth-order valence-corrected chi connectivity index (χ4v) is 3.25. The zero-order valence-corrected chi connectivity index (χ0v) is 15.1. The molecule has 8 heteroatoms. The summed E-state index contributed by atoms with van der Waals surface area (Å²) in [4.78, 5) is 4.44. The number of benzene rings is 2. The lowest BCUT2D eigenvalue weighted by atomic mass is 10.1. The zero-order valence-electron chi connectivity index (χ0n) is 14.3. The van der Waals surface area contributed by atoms with Crippen molar-refractivity contribution in [2.24, 2.45) is 0 Å². The van der Waals surface area contributed by atoms with Crippen LogP contribution in [0.4, 0.5) is 0 Å². The number of thioether (sulfide) groups is 1. The smallest absolute Gasteiger partial charge is 0.237 e. The van der Waals surface area contributed by atoms with E-state index in [1.165, 1.54) is 17.3 Å². The summed E-state index contributed by atoms with van der Waals surface area (Å²) in [7, 11) is 0. The molecule has 2 heterocycles. The molecule has 2 aromatic carbocycles. The number of aryl methyl sites for hydroxylation is 1. The monoisotopic (exact) mass is 364 g/mol. The molecule has 0 spiro atoms. The van der Waals surface area contributed by atoms with Gasteiger partial charge < -0.3 is 4.52 Å². The first-order valence-corrected chi connectivity index (χ1v) is 9.06. The van der Waals surface area contributed by atoms with Crippen LogP contribution in [0.15, 0.2) is 58.2 Å². The predicted octanol–water partition coefficient (Wildman–Crippen LogP) is 3.62. The van der Waals surface area contributed by atoms with Gasteiger partial charge in [0.15, 0.2) is 0 Å². The lowest BCUT2D eigenvalue weighted by Crippen LogP contribution is -2.02. The average Bonchev–Trinajstić information content (AvgIpc) is 3.32. The minimum absolute atomic E-state index is 0.491. The molecule has 0 radical (unpaired) electrons. The first-order chi connectivity index (χ1) is 12.7.